The number of pyridine rings is 1. The van der Waals surface area contributed by atoms with Crippen LogP contribution in [0.5, 0.6) is 0 Å². The molecule has 2 heterocycles. The van der Waals surface area contributed by atoms with Crippen molar-refractivity contribution in [2.24, 2.45) is 0 Å². The van der Waals surface area contributed by atoms with Crippen molar-refractivity contribution in [3.63, 3.8) is 0 Å². The van der Waals surface area contributed by atoms with E-state index in [1.807, 2.05) is 0 Å². The molecule has 114 valence electrons. The Morgan fingerprint density at radius 3 is 2.68 bits per heavy atom. The number of anilines is 1. The fourth-order valence-corrected chi connectivity index (χ4v) is 1.83. The Bertz CT molecular complexity index is 751. The number of rotatable bonds is 4. The molecule has 0 saturated heterocycles. The van der Waals surface area contributed by atoms with Crippen molar-refractivity contribution in [2.75, 3.05) is 12.4 Å². The average molecular weight is 303 g/mol. The molecular formula is C14H13N3O5. The van der Waals surface area contributed by atoms with Crippen molar-refractivity contribution in [2.45, 2.75) is 6.92 Å². The highest BCUT2D eigenvalue weighted by Gasteiger charge is 2.18. The van der Waals surface area contributed by atoms with E-state index >= 15 is 0 Å². The molecule has 2 aromatic rings. The molecule has 8 heteroatoms. The molecule has 3 N–H and O–H groups in total. The predicted octanol–water partition coefficient (Wildman–Crippen LogP) is 1.46. The van der Waals surface area contributed by atoms with Gasteiger partial charge in [0, 0.05) is 17.5 Å². The van der Waals surface area contributed by atoms with E-state index in [2.05, 4.69) is 20.0 Å². The third kappa shape index (κ3) is 3.11. The number of carbonyl (C=O) groups excluding carboxylic acids is 2. The van der Waals surface area contributed by atoms with E-state index in [0.717, 1.165) is 6.07 Å². The number of ether oxygens (including phenoxy) is 1. The van der Waals surface area contributed by atoms with E-state index in [-0.39, 0.29) is 22.6 Å². The Labute approximate surface area is 125 Å². The van der Waals surface area contributed by atoms with Gasteiger partial charge in [-0.25, -0.2) is 14.6 Å². The number of aromatic nitrogens is 2. The van der Waals surface area contributed by atoms with Gasteiger partial charge in [0.25, 0.3) is 5.91 Å². The Morgan fingerprint density at radius 2 is 2.05 bits per heavy atom. The fourth-order valence-electron chi connectivity index (χ4n) is 1.83. The second-order valence-corrected chi connectivity index (χ2v) is 4.42. The van der Waals surface area contributed by atoms with Crippen LogP contribution in [0.3, 0.4) is 0 Å². The highest BCUT2D eigenvalue weighted by Crippen LogP contribution is 2.19. The number of carbonyl (C=O) groups is 3. The molecule has 0 aliphatic carbocycles. The monoisotopic (exact) mass is 303 g/mol. The molecule has 0 radical (unpaired) electrons. The van der Waals surface area contributed by atoms with Crippen LogP contribution in [0.25, 0.3) is 0 Å². The van der Waals surface area contributed by atoms with Crippen LogP contribution in [0.1, 0.15) is 37.0 Å². The molecule has 2 rings (SSSR count). The Morgan fingerprint density at radius 1 is 1.32 bits per heavy atom. The summed E-state index contributed by atoms with van der Waals surface area (Å²) in [4.78, 5) is 41.1. The van der Waals surface area contributed by atoms with E-state index in [0.29, 0.717) is 5.69 Å². The van der Waals surface area contributed by atoms with Gasteiger partial charge < -0.3 is 20.1 Å². The molecule has 0 bridgehead atoms. The molecule has 8 nitrogen and oxygen atoms in total. The summed E-state index contributed by atoms with van der Waals surface area (Å²) in [5, 5.41) is 11.4. The minimum Gasteiger partial charge on any atom is -0.477 e. The van der Waals surface area contributed by atoms with Gasteiger partial charge in [0.2, 0.25) is 0 Å². The van der Waals surface area contributed by atoms with Crippen LogP contribution in [-0.2, 0) is 4.74 Å². The quantitative estimate of drug-likeness (QED) is 0.735. The zero-order valence-corrected chi connectivity index (χ0v) is 11.8. The summed E-state index contributed by atoms with van der Waals surface area (Å²) in [6.07, 6.45) is 1.22. The first-order valence-electron chi connectivity index (χ1n) is 6.21. The number of amides is 1. The minimum absolute atomic E-state index is 0.112. The lowest BCUT2D eigenvalue weighted by atomic mass is 10.2. The molecule has 22 heavy (non-hydrogen) atoms. The maximum atomic E-state index is 12.2. The number of aromatic amines is 1. The number of carboxylic acid groups (broad SMARTS) is 1. The van der Waals surface area contributed by atoms with E-state index in [9.17, 15) is 14.4 Å². The molecule has 0 fully saturated rings. The standard InChI is InChI=1S/C14H13N3O5/c1-7-5-9(11(16-7)14(21)22-2)17-12(18)8-3-4-15-10(6-8)13(19)20/h3-6,16H,1-2H3,(H,17,18)(H,19,20). The second kappa shape index (κ2) is 6.08. The lowest BCUT2D eigenvalue weighted by molar-refractivity contribution is 0.0595. The maximum absolute atomic E-state index is 12.2. The number of methoxy groups -OCH3 is 1. The Kier molecular flexibility index (Phi) is 4.21. The number of H-pyrrole nitrogens is 1. The number of aromatic carboxylic acids is 1. The summed E-state index contributed by atoms with van der Waals surface area (Å²) in [7, 11) is 1.23. The molecule has 0 aliphatic rings. The number of nitrogens with zero attached hydrogens (tertiary/aromatic N) is 1. The van der Waals surface area contributed by atoms with Gasteiger partial charge in [0.1, 0.15) is 11.4 Å². The van der Waals surface area contributed by atoms with Gasteiger partial charge >= 0.3 is 11.9 Å². The lowest BCUT2D eigenvalue weighted by Crippen LogP contribution is -2.15. The highest BCUT2D eigenvalue weighted by molar-refractivity contribution is 6.08. The summed E-state index contributed by atoms with van der Waals surface area (Å²) in [5.74, 6) is -2.42. The summed E-state index contributed by atoms with van der Waals surface area (Å²) >= 11 is 0. The number of hydrogen-bond donors (Lipinski definition) is 3. The highest BCUT2D eigenvalue weighted by atomic mass is 16.5. The third-order valence-corrected chi connectivity index (χ3v) is 2.83. The molecule has 0 unspecified atom stereocenters. The molecule has 0 atom stereocenters. The van der Waals surface area contributed by atoms with Crippen LogP contribution in [0, 0.1) is 6.92 Å². The molecule has 0 saturated carbocycles. The molecule has 2 aromatic heterocycles. The summed E-state index contributed by atoms with van der Waals surface area (Å²) in [6.45, 7) is 1.72. The SMILES string of the molecule is COC(=O)c1[nH]c(C)cc1NC(=O)c1ccnc(C(=O)O)c1. The number of carboxylic acids is 1. The van der Waals surface area contributed by atoms with Gasteiger partial charge in [-0.3, -0.25) is 4.79 Å². The van der Waals surface area contributed by atoms with Gasteiger partial charge in [-0.1, -0.05) is 0 Å². The average Bonchev–Trinajstić information content (AvgIpc) is 2.87. The first-order valence-corrected chi connectivity index (χ1v) is 6.21. The van der Waals surface area contributed by atoms with Crippen LogP contribution in [0.15, 0.2) is 24.4 Å². The van der Waals surface area contributed by atoms with Gasteiger partial charge in [-0.15, -0.1) is 0 Å². The fraction of sp³-hybridized carbons (Fsp3) is 0.143. The second-order valence-electron chi connectivity index (χ2n) is 4.42. The molecule has 0 aromatic carbocycles. The first kappa shape index (κ1) is 15.2. The van der Waals surface area contributed by atoms with Crippen molar-refractivity contribution in [3.05, 3.63) is 47.0 Å². The first-order chi connectivity index (χ1) is 10.4. The van der Waals surface area contributed by atoms with Crippen LogP contribution < -0.4 is 5.32 Å². The van der Waals surface area contributed by atoms with Gasteiger partial charge in [-0.05, 0) is 25.1 Å². The van der Waals surface area contributed by atoms with Crippen molar-refractivity contribution in [3.8, 4) is 0 Å². The predicted molar refractivity (Wildman–Crippen MR) is 76.0 cm³/mol. The van der Waals surface area contributed by atoms with E-state index in [1.165, 1.54) is 19.4 Å². The van der Waals surface area contributed by atoms with Crippen LogP contribution >= 0.6 is 0 Å². The van der Waals surface area contributed by atoms with Crippen LogP contribution in [0.2, 0.25) is 0 Å². The number of hydrogen-bond acceptors (Lipinski definition) is 5. The smallest absolute Gasteiger partial charge is 0.356 e. The van der Waals surface area contributed by atoms with Crippen molar-refractivity contribution >= 4 is 23.5 Å². The minimum atomic E-state index is -1.23. The summed E-state index contributed by atoms with van der Waals surface area (Å²) in [6, 6.07) is 4.09. The molecule has 0 aliphatic heterocycles. The van der Waals surface area contributed by atoms with Crippen LogP contribution in [-0.4, -0.2) is 40.0 Å². The van der Waals surface area contributed by atoms with E-state index in [4.69, 9.17) is 5.11 Å². The normalized spacial score (nSPS) is 10.1. The maximum Gasteiger partial charge on any atom is 0.356 e. The van der Waals surface area contributed by atoms with E-state index < -0.39 is 17.8 Å². The van der Waals surface area contributed by atoms with Crippen molar-refractivity contribution < 1.29 is 24.2 Å². The van der Waals surface area contributed by atoms with Gasteiger partial charge in [0.15, 0.2) is 0 Å². The zero-order valence-electron chi connectivity index (χ0n) is 11.8. The number of aryl methyl sites for hydroxylation is 1. The molecular weight excluding hydrogens is 290 g/mol. The summed E-state index contributed by atoms with van der Waals surface area (Å²) in [5.41, 5.74) is 0.897. The van der Waals surface area contributed by atoms with Gasteiger partial charge in [-0.2, -0.15) is 0 Å². The largest absolute Gasteiger partial charge is 0.477 e. The zero-order chi connectivity index (χ0) is 16.3. The Balaban J connectivity index is 2.28. The molecule has 0 spiro atoms. The number of esters is 1. The lowest BCUT2D eigenvalue weighted by Gasteiger charge is -2.06. The van der Waals surface area contributed by atoms with Crippen molar-refractivity contribution in [1.29, 1.82) is 0 Å². The van der Waals surface area contributed by atoms with Crippen molar-refractivity contribution in [1.82, 2.24) is 9.97 Å². The van der Waals surface area contributed by atoms with E-state index in [1.54, 1.807) is 13.0 Å². The number of nitrogens with one attached hydrogen (secondary N) is 2. The van der Waals surface area contributed by atoms with Gasteiger partial charge in [0.05, 0.1) is 12.8 Å². The molecule has 1 amide bonds. The third-order valence-electron chi connectivity index (χ3n) is 2.83. The topological polar surface area (TPSA) is 121 Å². The van der Waals surface area contributed by atoms with Crippen LogP contribution in [0.4, 0.5) is 5.69 Å². The Hall–Kier alpha value is -3.16. The summed E-state index contributed by atoms with van der Waals surface area (Å²) < 4.78 is 4.62.